The fourth-order valence-electron chi connectivity index (χ4n) is 2.92. The van der Waals surface area contributed by atoms with Crippen molar-refractivity contribution in [2.24, 2.45) is 5.73 Å². The molecular formula is C17H19FN4O. The Morgan fingerprint density at radius 3 is 2.70 bits per heavy atom. The standard InChI is InChI=1S/C17H19FN4O/c18-14-3-1-2-4-15(14)21-12-6-9-22(10-7-12)16-5-8-20-11-13(16)17(19)23/h1-5,8,11-12,21H,6-7,9-10H2,(H2,19,23). The molecule has 3 N–H and O–H groups in total. The van der Waals surface area contributed by atoms with Gasteiger partial charge in [0.25, 0.3) is 5.91 Å². The molecule has 1 aliphatic rings. The fourth-order valence-corrected chi connectivity index (χ4v) is 2.92. The zero-order valence-electron chi connectivity index (χ0n) is 12.7. The molecule has 23 heavy (non-hydrogen) atoms. The lowest BCUT2D eigenvalue weighted by Gasteiger charge is -2.35. The van der Waals surface area contributed by atoms with Gasteiger partial charge in [-0.3, -0.25) is 9.78 Å². The van der Waals surface area contributed by atoms with Crippen LogP contribution < -0.4 is 16.0 Å². The van der Waals surface area contributed by atoms with Gasteiger partial charge in [-0.2, -0.15) is 0 Å². The molecule has 0 bridgehead atoms. The lowest BCUT2D eigenvalue weighted by atomic mass is 10.0. The number of primary amides is 1. The molecule has 1 fully saturated rings. The third kappa shape index (κ3) is 3.41. The van der Waals surface area contributed by atoms with Gasteiger partial charge in [-0.25, -0.2) is 4.39 Å². The van der Waals surface area contributed by atoms with Crippen molar-refractivity contribution in [3.63, 3.8) is 0 Å². The van der Waals surface area contributed by atoms with E-state index in [1.807, 2.05) is 12.1 Å². The van der Waals surface area contributed by atoms with Gasteiger partial charge in [0, 0.05) is 31.5 Å². The lowest BCUT2D eigenvalue weighted by Crippen LogP contribution is -2.40. The van der Waals surface area contributed by atoms with Crippen molar-refractivity contribution in [3.8, 4) is 0 Å². The van der Waals surface area contributed by atoms with Gasteiger partial charge in [0.15, 0.2) is 0 Å². The Labute approximate surface area is 134 Å². The van der Waals surface area contributed by atoms with Crippen molar-refractivity contribution < 1.29 is 9.18 Å². The summed E-state index contributed by atoms with van der Waals surface area (Å²) >= 11 is 0. The first-order valence-electron chi connectivity index (χ1n) is 7.65. The van der Waals surface area contributed by atoms with Crippen LogP contribution in [0.25, 0.3) is 0 Å². The largest absolute Gasteiger partial charge is 0.380 e. The van der Waals surface area contributed by atoms with E-state index >= 15 is 0 Å². The molecule has 3 rings (SSSR count). The zero-order valence-corrected chi connectivity index (χ0v) is 12.7. The summed E-state index contributed by atoms with van der Waals surface area (Å²) in [6, 6.07) is 8.71. The van der Waals surface area contributed by atoms with Gasteiger partial charge < -0.3 is 16.0 Å². The van der Waals surface area contributed by atoms with E-state index in [0.717, 1.165) is 31.6 Å². The SMILES string of the molecule is NC(=O)c1cnccc1N1CCC(Nc2ccccc2F)CC1. The van der Waals surface area contributed by atoms with E-state index in [2.05, 4.69) is 15.2 Å². The molecule has 0 saturated carbocycles. The highest BCUT2D eigenvalue weighted by atomic mass is 19.1. The van der Waals surface area contributed by atoms with Crippen LogP contribution in [-0.4, -0.2) is 30.0 Å². The molecule has 1 aromatic carbocycles. The molecule has 120 valence electrons. The van der Waals surface area contributed by atoms with Crippen molar-refractivity contribution >= 4 is 17.3 Å². The second kappa shape index (κ2) is 6.64. The molecule has 6 heteroatoms. The summed E-state index contributed by atoms with van der Waals surface area (Å²) in [4.78, 5) is 17.6. The van der Waals surface area contributed by atoms with Crippen LogP contribution in [0.5, 0.6) is 0 Å². The third-order valence-corrected chi connectivity index (χ3v) is 4.13. The van der Waals surface area contributed by atoms with Crippen LogP contribution in [-0.2, 0) is 0 Å². The quantitative estimate of drug-likeness (QED) is 0.909. The van der Waals surface area contributed by atoms with E-state index in [0.29, 0.717) is 11.3 Å². The molecule has 0 spiro atoms. The van der Waals surface area contributed by atoms with Crippen LogP contribution in [0.3, 0.4) is 0 Å². The minimum Gasteiger partial charge on any atom is -0.380 e. The summed E-state index contributed by atoms with van der Waals surface area (Å²) in [6.07, 6.45) is 4.87. The summed E-state index contributed by atoms with van der Waals surface area (Å²) in [7, 11) is 0. The Hall–Kier alpha value is -2.63. The van der Waals surface area contributed by atoms with Gasteiger partial charge >= 0.3 is 0 Å². The van der Waals surface area contributed by atoms with Crippen LogP contribution in [0.2, 0.25) is 0 Å². The van der Waals surface area contributed by atoms with Crippen LogP contribution in [0.4, 0.5) is 15.8 Å². The zero-order chi connectivity index (χ0) is 16.2. The van der Waals surface area contributed by atoms with Gasteiger partial charge in [-0.1, -0.05) is 12.1 Å². The van der Waals surface area contributed by atoms with Crippen LogP contribution in [0.1, 0.15) is 23.2 Å². The van der Waals surface area contributed by atoms with Crippen molar-refractivity contribution in [2.45, 2.75) is 18.9 Å². The number of nitrogens with zero attached hydrogens (tertiary/aromatic N) is 2. The van der Waals surface area contributed by atoms with Gasteiger partial charge in [-0.15, -0.1) is 0 Å². The second-order valence-corrected chi connectivity index (χ2v) is 5.64. The first-order valence-corrected chi connectivity index (χ1v) is 7.65. The summed E-state index contributed by atoms with van der Waals surface area (Å²) in [5, 5.41) is 3.25. The maximum absolute atomic E-state index is 13.7. The van der Waals surface area contributed by atoms with Crippen LogP contribution in [0.15, 0.2) is 42.7 Å². The van der Waals surface area contributed by atoms with Crippen molar-refractivity contribution in [2.75, 3.05) is 23.3 Å². The average molecular weight is 314 g/mol. The maximum Gasteiger partial charge on any atom is 0.252 e. The molecule has 1 amide bonds. The topological polar surface area (TPSA) is 71.2 Å². The number of pyridine rings is 1. The molecule has 5 nitrogen and oxygen atoms in total. The molecule has 0 atom stereocenters. The number of halogens is 1. The first kappa shape index (κ1) is 15.3. The molecule has 1 aromatic heterocycles. The number of hydrogen-bond acceptors (Lipinski definition) is 4. The molecule has 2 heterocycles. The van der Waals surface area contributed by atoms with E-state index in [1.54, 1.807) is 18.3 Å². The minimum absolute atomic E-state index is 0.210. The number of carbonyl (C=O) groups is 1. The van der Waals surface area contributed by atoms with Crippen molar-refractivity contribution in [3.05, 3.63) is 54.1 Å². The van der Waals surface area contributed by atoms with Gasteiger partial charge in [0.2, 0.25) is 0 Å². The van der Waals surface area contributed by atoms with E-state index in [4.69, 9.17) is 5.73 Å². The van der Waals surface area contributed by atoms with Crippen LogP contribution >= 0.6 is 0 Å². The number of piperidine rings is 1. The third-order valence-electron chi connectivity index (χ3n) is 4.13. The molecule has 1 saturated heterocycles. The molecule has 0 aliphatic carbocycles. The van der Waals surface area contributed by atoms with E-state index in [1.165, 1.54) is 12.3 Å². The molecule has 0 unspecified atom stereocenters. The van der Waals surface area contributed by atoms with E-state index < -0.39 is 5.91 Å². The van der Waals surface area contributed by atoms with Crippen LogP contribution in [0, 0.1) is 5.82 Å². The Kier molecular flexibility index (Phi) is 4.41. The maximum atomic E-state index is 13.7. The minimum atomic E-state index is -0.472. The van der Waals surface area contributed by atoms with Gasteiger partial charge in [0.05, 0.1) is 16.9 Å². The Bertz CT molecular complexity index is 698. The van der Waals surface area contributed by atoms with Crippen molar-refractivity contribution in [1.82, 2.24) is 4.98 Å². The molecule has 0 radical (unpaired) electrons. The Morgan fingerprint density at radius 1 is 1.26 bits per heavy atom. The molecule has 2 aromatic rings. The van der Waals surface area contributed by atoms with Gasteiger partial charge in [0.1, 0.15) is 5.82 Å². The smallest absolute Gasteiger partial charge is 0.252 e. The number of carbonyl (C=O) groups excluding carboxylic acids is 1. The Morgan fingerprint density at radius 2 is 2.00 bits per heavy atom. The fraction of sp³-hybridized carbons (Fsp3) is 0.294. The number of nitrogens with two attached hydrogens (primary N) is 1. The van der Waals surface area contributed by atoms with Crippen molar-refractivity contribution in [1.29, 1.82) is 0 Å². The monoisotopic (exact) mass is 314 g/mol. The average Bonchev–Trinajstić information content (AvgIpc) is 2.58. The number of hydrogen-bond donors (Lipinski definition) is 2. The lowest BCUT2D eigenvalue weighted by molar-refractivity contribution is 0.100. The predicted molar refractivity (Wildman–Crippen MR) is 88.0 cm³/mol. The second-order valence-electron chi connectivity index (χ2n) is 5.64. The summed E-state index contributed by atoms with van der Waals surface area (Å²) in [5.74, 6) is -0.709. The predicted octanol–water partition coefficient (Wildman–Crippen LogP) is 2.40. The number of nitrogens with one attached hydrogen (secondary N) is 1. The molecule has 1 aliphatic heterocycles. The molecular weight excluding hydrogens is 295 g/mol. The number of aromatic nitrogens is 1. The number of para-hydroxylation sites is 1. The van der Waals surface area contributed by atoms with Gasteiger partial charge in [-0.05, 0) is 31.0 Å². The number of benzene rings is 1. The van der Waals surface area contributed by atoms with E-state index in [-0.39, 0.29) is 11.9 Å². The highest BCUT2D eigenvalue weighted by Crippen LogP contribution is 2.25. The Balaban J connectivity index is 1.65. The summed E-state index contributed by atoms with van der Waals surface area (Å²) in [6.45, 7) is 1.55. The number of amides is 1. The summed E-state index contributed by atoms with van der Waals surface area (Å²) in [5.41, 5.74) is 7.20. The summed E-state index contributed by atoms with van der Waals surface area (Å²) < 4.78 is 13.7. The number of anilines is 2. The first-order chi connectivity index (χ1) is 11.1. The normalized spacial score (nSPS) is 15.4. The van der Waals surface area contributed by atoms with E-state index in [9.17, 15) is 9.18 Å². The highest BCUT2D eigenvalue weighted by molar-refractivity contribution is 5.98. The number of rotatable bonds is 4. The highest BCUT2D eigenvalue weighted by Gasteiger charge is 2.22.